The van der Waals surface area contributed by atoms with E-state index in [1.165, 1.54) is 17.8 Å². The highest BCUT2D eigenvalue weighted by Crippen LogP contribution is 1.97. The van der Waals surface area contributed by atoms with Gasteiger partial charge < -0.3 is 9.55 Å². The van der Waals surface area contributed by atoms with E-state index in [2.05, 4.69) is 15.0 Å². The van der Waals surface area contributed by atoms with Crippen molar-refractivity contribution in [1.29, 1.82) is 0 Å². The first-order valence-corrected chi connectivity index (χ1v) is 4.66. The predicted octanol–water partition coefficient (Wildman–Crippen LogP) is -0.953. The molecule has 16 heavy (non-hydrogen) atoms. The summed E-state index contributed by atoms with van der Waals surface area (Å²) in [5.74, 6) is -0.326. The first-order valence-electron chi connectivity index (χ1n) is 4.66. The van der Waals surface area contributed by atoms with Gasteiger partial charge in [-0.25, -0.2) is 9.78 Å². The Morgan fingerprint density at radius 2 is 2.19 bits per heavy atom. The molecule has 7 nitrogen and oxygen atoms in total. The van der Waals surface area contributed by atoms with E-state index in [0.29, 0.717) is 16.7 Å². The lowest BCUT2D eigenvalue weighted by Gasteiger charge is -1.99. The number of rotatable bonds is 0. The highest BCUT2D eigenvalue weighted by Gasteiger charge is 2.07. The van der Waals surface area contributed by atoms with Crippen LogP contribution < -0.4 is 11.2 Å². The molecular formula is C9H11N5O2. The third-order valence-corrected chi connectivity index (χ3v) is 2.25. The van der Waals surface area contributed by atoms with Gasteiger partial charge in [0.15, 0.2) is 11.1 Å². The summed E-state index contributed by atoms with van der Waals surface area (Å²) in [5.41, 5.74) is 1.06. The lowest BCUT2D eigenvalue weighted by Crippen LogP contribution is -2.21. The zero-order valence-electron chi connectivity index (χ0n) is 9.18. The molecule has 0 saturated carbocycles. The van der Waals surface area contributed by atoms with Crippen LogP contribution in [-0.4, -0.2) is 25.0 Å². The SMILES string of the molecule is CC(=O)N=c1c2[nH]c(=O)n(C)c2ncn1C. The summed E-state index contributed by atoms with van der Waals surface area (Å²) < 4.78 is 2.95. The number of imidazole rings is 1. The van der Waals surface area contributed by atoms with Gasteiger partial charge in [0.25, 0.3) is 0 Å². The predicted molar refractivity (Wildman–Crippen MR) is 56.5 cm³/mol. The molecule has 0 aliphatic rings. The fourth-order valence-corrected chi connectivity index (χ4v) is 1.47. The Balaban J connectivity index is 3.02. The third kappa shape index (κ3) is 1.46. The van der Waals surface area contributed by atoms with Crippen LogP contribution in [0.3, 0.4) is 0 Å². The summed E-state index contributed by atoms with van der Waals surface area (Å²) in [6, 6.07) is 0. The van der Waals surface area contributed by atoms with E-state index in [1.807, 2.05) is 0 Å². The van der Waals surface area contributed by atoms with Gasteiger partial charge in [0.2, 0.25) is 5.91 Å². The second kappa shape index (κ2) is 3.44. The van der Waals surface area contributed by atoms with E-state index in [1.54, 1.807) is 18.7 Å². The van der Waals surface area contributed by atoms with E-state index >= 15 is 0 Å². The van der Waals surface area contributed by atoms with Crippen molar-refractivity contribution in [2.75, 3.05) is 0 Å². The standard InChI is InChI=1S/C9H11N5O2/c1-5(15)11-8-6-7(10-4-13(8)2)14(3)9(16)12-6/h4H,1-3H3,(H,12,16). The van der Waals surface area contributed by atoms with Gasteiger partial charge in [0.05, 0.1) is 6.33 Å². The number of amides is 1. The zero-order valence-corrected chi connectivity index (χ0v) is 9.18. The number of aromatic amines is 1. The summed E-state index contributed by atoms with van der Waals surface area (Å²) in [4.78, 5) is 33.0. The van der Waals surface area contributed by atoms with Gasteiger partial charge in [-0.3, -0.25) is 9.36 Å². The van der Waals surface area contributed by atoms with Gasteiger partial charge in [0.1, 0.15) is 5.52 Å². The Morgan fingerprint density at radius 3 is 2.81 bits per heavy atom. The second-order valence-electron chi connectivity index (χ2n) is 3.50. The molecule has 2 aromatic rings. The zero-order chi connectivity index (χ0) is 11.9. The summed E-state index contributed by atoms with van der Waals surface area (Å²) in [6.07, 6.45) is 1.51. The van der Waals surface area contributed by atoms with Crippen molar-refractivity contribution in [2.24, 2.45) is 19.1 Å². The second-order valence-corrected chi connectivity index (χ2v) is 3.50. The number of H-pyrrole nitrogens is 1. The number of hydrogen-bond acceptors (Lipinski definition) is 3. The average molecular weight is 221 g/mol. The van der Waals surface area contributed by atoms with Crippen molar-refractivity contribution in [3.05, 3.63) is 22.3 Å². The summed E-state index contributed by atoms with van der Waals surface area (Å²) >= 11 is 0. The van der Waals surface area contributed by atoms with Gasteiger partial charge >= 0.3 is 5.69 Å². The molecule has 84 valence electrons. The maximum absolute atomic E-state index is 11.4. The number of aryl methyl sites for hydroxylation is 2. The van der Waals surface area contributed by atoms with Crippen LogP contribution >= 0.6 is 0 Å². The molecular weight excluding hydrogens is 210 g/mol. The first kappa shape index (κ1) is 10.3. The highest BCUT2D eigenvalue weighted by atomic mass is 16.1. The molecule has 0 unspecified atom stereocenters. The largest absolute Gasteiger partial charge is 0.327 e. The van der Waals surface area contributed by atoms with Crippen LogP contribution in [0.4, 0.5) is 0 Å². The summed E-state index contributed by atoms with van der Waals surface area (Å²) in [6.45, 7) is 1.35. The number of nitrogens with one attached hydrogen (secondary N) is 1. The Morgan fingerprint density at radius 1 is 1.50 bits per heavy atom. The Kier molecular flexibility index (Phi) is 2.22. The topological polar surface area (TPSA) is 85.0 Å². The van der Waals surface area contributed by atoms with E-state index in [-0.39, 0.29) is 11.6 Å². The van der Waals surface area contributed by atoms with E-state index < -0.39 is 0 Å². The first-order chi connectivity index (χ1) is 7.50. The number of aromatic nitrogens is 4. The van der Waals surface area contributed by atoms with Crippen molar-refractivity contribution < 1.29 is 4.79 Å². The Labute approximate surface area is 90.1 Å². The van der Waals surface area contributed by atoms with Gasteiger partial charge in [-0.2, -0.15) is 4.99 Å². The van der Waals surface area contributed by atoms with Gasteiger partial charge in [0, 0.05) is 21.0 Å². The minimum absolute atomic E-state index is 0.284. The molecule has 0 saturated heterocycles. The minimum atomic E-state index is -0.326. The molecule has 0 bridgehead atoms. The minimum Gasteiger partial charge on any atom is -0.318 e. The van der Waals surface area contributed by atoms with Crippen LogP contribution in [0.15, 0.2) is 16.1 Å². The molecule has 1 amide bonds. The van der Waals surface area contributed by atoms with Crippen LogP contribution in [0.2, 0.25) is 0 Å². The molecule has 0 radical (unpaired) electrons. The van der Waals surface area contributed by atoms with E-state index in [0.717, 1.165) is 0 Å². The molecule has 2 rings (SSSR count). The van der Waals surface area contributed by atoms with Crippen molar-refractivity contribution in [2.45, 2.75) is 6.92 Å². The lowest BCUT2D eigenvalue weighted by atomic mass is 10.5. The molecule has 0 aliphatic carbocycles. The van der Waals surface area contributed by atoms with Crippen LogP contribution in [0, 0.1) is 0 Å². The monoisotopic (exact) mass is 221 g/mol. The van der Waals surface area contributed by atoms with Crippen LogP contribution in [0.1, 0.15) is 6.92 Å². The Bertz CT molecular complexity index is 688. The molecule has 0 spiro atoms. The van der Waals surface area contributed by atoms with Crippen LogP contribution in [0.25, 0.3) is 11.2 Å². The summed E-state index contributed by atoms with van der Waals surface area (Å²) in [5, 5.41) is 0. The number of nitrogens with zero attached hydrogens (tertiary/aromatic N) is 4. The number of hydrogen-bond donors (Lipinski definition) is 1. The fourth-order valence-electron chi connectivity index (χ4n) is 1.47. The maximum Gasteiger partial charge on any atom is 0.327 e. The van der Waals surface area contributed by atoms with Gasteiger partial charge in [-0.1, -0.05) is 0 Å². The molecule has 0 aliphatic heterocycles. The smallest absolute Gasteiger partial charge is 0.318 e. The van der Waals surface area contributed by atoms with Crippen LogP contribution in [0.5, 0.6) is 0 Å². The molecule has 0 fully saturated rings. The van der Waals surface area contributed by atoms with Crippen molar-refractivity contribution >= 4 is 17.1 Å². The number of carbonyl (C=O) groups is 1. The van der Waals surface area contributed by atoms with E-state index in [9.17, 15) is 9.59 Å². The molecule has 7 heteroatoms. The fraction of sp³-hybridized carbons (Fsp3) is 0.333. The number of fused-ring (bicyclic) bond motifs is 1. The molecule has 2 heterocycles. The quantitative estimate of drug-likeness (QED) is 0.622. The van der Waals surface area contributed by atoms with Crippen molar-refractivity contribution in [3.63, 3.8) is 0 Å². The van der Waals surface area contributed by atoms with Crippen molar-refractivity contribution in [1.82, 2.24) is 19.1 Å². The third-order valence-electron chi connectivity index (χ3n) is 2.25. The Hall–Kier alpha value is -2.18. The van der Waals surface area contributed by atoms with Crippen LogP contribution in [-0.2, 0) is 18.9 Å². The molecule has 0 atom stereocenters. The molecule has 2 aromatic heterocycles. The van der Waals surface area contributed by atoms with Crippen molar-refractivity contribution in [3.8, 4) is 0 Å². The molecule has 0 aromatic carbocycles. The lowest BCUT2D eigenvalue weighted by molar-refractivity contribution is -0.116. The van der Waals surface area contributed by atoms with E-state index in [4.69, 9.17) is 0 Å². The molecule has 1 N–H and O–H groups in total. The summed E-state index contributed by atoms with van der Waals surface area (Å²) in [7, 11) is 3.31. The van der Waals surface area contributed by atoms with Gasteiger partial charge in [-0.05, 0) is 0 Å². The normalized spacial score (nSPS) is 12.3. The average Bonchev–Trinajstić information content (AvgIpc) is 2.48. The maximum atomic E-state index is 11.4. The highest BCUT2D eigenvalue weighted by molar-refractivity contribution is 5.76. The van der Waals surface area contributed by atoms with Gasteiger partial charge in [-0.15, -0.1) is 0 Å². The number of carbonyl (C=O) groups excluding carboxylic acids is 1.